The number of carboxylic acid groups (broad SMARTS) is 1. The van der Waals surface area contributed by atoms with Gasteiger partial charge in [0.25, 0.3) is 0 Å². The molecule has 14 heavy (non-hydrogen) atoms. The molecule has 1 rings (SSSR count). The van der Waals surface area contributed by atoms with Gasteiger partial charge in [-0.1, -0.05) is 6.07 Å². The van der Waals surface area contributed by atoms with Crippen molar-refractivity contribution < 1.29 is 9.90 Å². The number of pyridine rings is 1. The molecule has 74 valence electrons. The number of aliphatic carboxylic acids is 1. The molecule has 0 bridgehead atoms. The van der Waals surface area contributed by atoms with Gasteiger partial charge < -0.3 is 10.0 Å². The van der Waals surface area contributed by atoms with E-state index in [1.165, 1.54) is 6.20 Å². The molecule has 4 nitrogen and oxygen atoms in total. The van der Waals surface area contributed by atoms with Crippen LogP contribution in [0.5, 0.6) is 0 Å². The van der Waals surface area contributed by atoms with Gasteiger partial charge >= 0.3 is 5.97 Å². The molecule has 1 aromatic rings. The smallest absolute Gasteiger partial charge is 0.339 e. The summed E-state index contributed by atoms with van der Waals surface area (Å²) in [5, 5.41) is 8.94. The number of nitrogens with zero attached hydrogens (tertiary/aromatic N) is 2. The molecule has 0 saturated carbocycles. The van der Waals surface area contributed by atoms with Crippen LogP contribution in [0.2, 0.25) is 0 Å². The fraction of sp³-hybridized carbons (Fsp3) is 0.200. The van der Waals surface area contributed by atoms with Crippen LogP contribution in [0.3, 0.4) is 0 Å². The number of rotatable bonds is 3. The standard InChI is InChI=1S/C10H12N2O2/c1-12(2)7-8(10(13)14)9-5-3-4-6-11-9/h3-7H,1-2H3,(H,13,14)/b8-7-. The lowest BCUT2D eigenvalue weighted by Gasteiger charge is -2.07. The second-order valence-electron chi connectivity index (χ2n) is 3.03. The number of carboxylic acids is 1. The molecular formula is C10H12N2O2. The zero-order valence-electron chi connectivity index (χ0n) is 8.14. The molecule has 0 aliphatic carbocycles. The number of hydrogen-bond donors (Lipinski definition) is 1. The van der Waals surface area contributed by atoms with Gasteiger partial charge in [-0.3, -0.25) is 4.98 Å². The van der Waals surface area contributed by atoms with Crippen molar-refractivity contribution in [3.8, 4) is 0 Å². The first-order valence-corrected chi connectivity index (χ1v) is 4.14. The molecule has 0 fully saturated rings. The minimum atomic E-state index is -0.975. The molecule has 1 heterocycles. The van der Waals surface area contributed by atoms with E-state index < -0.39 is 5.97 Å². The molecule has 0 amide bonds. The van der Waals surface area contributed by atoms with Crippen LogP contribution in [-0.2, 0) is 4.79 Å². The van der Waals surface area contributed by atoms with Crippen LogP contribution in [0.25, 0.3) is 5.57 Å². The average molecular weight is 192 g/mol. The van der Waals surface area contributed by atoms with Gasteiger partial charge in [0.2, 0.25) is 0 Å². The van der Waals surface area contributed by atoms with E-state index in [1.807, 2.05) is 0 Å². The summed E-state index contributed by atoms with van der Waals surface area (Å²) in [6, 6.07) is 5.18. The molecule has 0 saturated heterocycles. The molecular weight excluding hydrogens is 180 g/mol. The summed E-state index contributed by atoms with van der Waals surface area (Å²) >= 11 is 0. The van der Waals surface area contributed by atoms with E-state index in [-0.39, 0.29) is 5.57 Å². The first-order valence-electron chi connectivity index (χ1n) is 4.14. The molecule has 0 unspecified atom stereocenters. The maximum Gasteiger partial charge on any atom is 0.339 e. The summed E-state index contributed by atoms with van der Waals surface area (Å²) in [5.74, 6) is -0.975. The van der Waals surface area contributed by atoms with Gasteiger partial charge in [0.05, 0.1) is 5.69 Å². The van der Waals surface area contributed by atoms with Gasteiger partial charge in [-0.05, 0) is 12.1 Å². The van der Waals surface area contributed by atoms with Gasteiger partial charge in [0.15, 0.2) is 0 Å². The molecule has 4 heteroatoms. The molecule has 0 radical (unpaired) electrons. The lowest BCUT2D eigenvalue weighted by molar-refractivity contribution is -0.130. The first-order chi connectivity index (χ1) is 6.61. The summed E-state index contributed by atoms with van der Waals surface area (Å²) in [6.45, 7) is 0. The van der Waals surface area contributed by atoms with Crippen LogP contribution in [0.4, 0.5) is 0 Å². The summed E-state index contributed by atoms with van der Waals surface area (Å²) < 4.78 is 0. The second kappa shape index (κ2) is 4.41. The Bertz CT molecular complexity index is 344. The molecule has 0 aliphatic rings. The van der Waals surface area contributed by atoms with E-state index in [0.29, 0.717) is 5.69 Å². The lowest BCUT2D eigenvalue weighted by atomic mass is 10.2. The Morgan fingerprint density at radius 3 is 2.64 bits per heavy atom. The van der Waals surface area contributed by atoms with Crippen LogP contribution >= 0.6 is 0 Å². The number of carbonyl (C=O) groups is 1. The van der Waals surface area contributed by atoms with Crippen molar-refractivity contribution >= 4 is 11.5 Å². The predicted molar refractivity (Wildman–Crippen MR) is 53.5 cm³/mol. The Balaban J connectivity index is 3.08. The van der Waals surface area contributed by atoms with E-state index in [4.69, 9.17) is 5.11 Å². The Kier molecular flexibility index (Phi) is 3.23. The minimum absolute atomic E-state index is 0.190. The molecule has 0 spiro atoms. The topological polar surface area (TPSA) is 53.4 Å². The molecule has 1 aromatic heterocycles. The van der Waals surface area contributed by atoms with Crippen molar-refractivity contribution in [1.82, 2.24) is 9.88 Å². The maximum absolute atomic E-state index is 10.9. The van der Waals surface area contributed by atoms with Gasteiger partial charge in [-0.2, -0.15) is 0 Å². The predicted octanol–water partition coefficient (Wildman–Crippen LogP) is 1.07. The van der Waals surface area contributed by atoms with E-state index >= 15 is 0 Å². The quantitative estimate of drug-likeness (QED) is 0.728. The SMILES string of the molecule is CN(C)/C=C(\C(=O)O)c1ccccn1. The minimum Gasteiger partial charge on any atom is -0.478 e. The van der Waals surface area contributed by atoms with Crippen molar-refractivity contribution in [2.24, 2.45) is 0 Å². The highest BCUT2D eigenvalue weighted by atomic mass is 16.4. The van der Waals surface area contributed by atoms with Gasteiger partial charge in [0.1, 0.15) is 5.57 Å². The zero-order valence-corrected chi connectivity index (χ0v) is 8.14. The van der Waals surface area contributed by atoms with Crippen LogP contribution in [-0.4, -0.2) is 35.1 Å². The molecule has 0 aliphatic heterocycles. The molecule has 1 N–H and O–H groups in total. The maximum atomic E-state index is 10.9. The van der Waals surface area contributed by atoms with Crippen LogP contribution in [0.15, 0.2) is 30.6 Å². The summed E-state index contributed by atoms with van der Waals surface area (Å²) in [7, 11) is 3.54. The molecule has 0 aromatic carbocycles. The van der Waals surface area contributed by atoms with E-state index in [9.17, 15) is 4.79 Å². The summed E-state index contributed by atoms with van der Waals surface area (Å²) in [5.41, 5.74) is 0.657. The highest BCUT2D eigenvalue weighted by Gasteiger charge is 2.10. The Morgan fingerprint density at radius 1 is 1.50 bits per heavy atom. The lowest BCUT2D eigenvalue weighted by Crippen LogP contribution is -2.08. The zero-order chi connectivity index (χ0) is 10.6. The Labute approximate surface area is 82.5 Å². The highest BCUT2D eigenvalue weighted by molar-refractivity contribution is 6.14. The number of aromatic nitrogens is 1. The third-order valence-corrected chi connectivity index (χ3v) is 1.56. The van der Waals surface area contributed by atoms with E-state index in [2.05, 4.69) is 4.98 Å². The second-order valence-corrected chi connectivity index (χ2v) is 3.03. The third-order valence-electron chi connectivity index (χ3n) is 1.56. The van der Waals surface area contributed by atoms with Crippen LogP contribution < -0.4 is 0 Å². The van der Waals surface area contributed by atoms with Crippen LogP contribution in [0, 0.1) is 0 Å². The molecule has 0 atom stereocenters. The van der Waals surface area contributed by atoms with Crippen molar-refractivity contribution in [3.63, 3.8) is 0 Å². The first kappa shape index (κ1) is 10.2. The van der Waals surface area contributed by atoms with Crippen molar-refractivity contribution in [2.45, 2.75) is 0 Å². The number of hydrogen-bond acceptors (Lipinski definition) is 3. The largest absolute Gasteiger partial charge is 0.478 e. The van der Waals surface area contributed by atoms with E-state index in [0.717, 1.165) is 0 Å². The van der Waals surface area contributed by atoms with Crippen molar-refractivity contribution in [3.05, 3.63) is 36.3 Å². The summed E-state index contributed by atoms with van der Waals surface area (Å²) in [6.07, 6.45) is 3.10. The normalized spacial score (nSPS) is 11.1. The van der Waals surface area contributed by atoms with Crippen molar-refractivity contribution in [2.75, 3.05) is 14.1 Å². The third kappa shape index (κ3) is 2.58. The van der Waals surface area contributed by atoms with Gasteiger partial charge in [-0.15, -0.1) is 0 Å². The fourth-order valence-electron chi connectivity index (χ4n) is 1.01. The van der Waals surface area contributed by atoms with Gasteiger partial charge in [-0.25, -0.2) is 4.79 Å². The summed E-state index contributed by atoms with van der Waals surface area (Å²) in [4.78, 5) is 16.6. The van der Waals surface area contributed by atoms with Crippen molar-refractivity contribution in [1.29, 1.82) is 0 Å². The van der Waals surface area contributed by atoms with E-state index in [1.54, 1.807) is 43.4 Å². The Hall–Kier alpha value is -1.84. The highest BCUT2D eigenvalue weighted by Crippen LogP contribution is 2.11. The average Bonchev–Trinajstić information content (AvgIpc) is 2.15. The fourth-order valence-corrected chi connectivity index (χ4v) is 1.01. The van der Waals surface area contributed by atoms with Crippen LogP contribution in [0.1, 0.15) is 5.69 Å². The monoisotopic (exact) mass is 192 g/mol. The Morgan fingerprint density at radius 2 is 2.21 bits per heavy atom. The van der Waals surface area contributed by atoms with Gasteiger partial charge in [0, 0.05) is 26.5 Å².